The summed E-state index contributed by atoms with van der Waals surface area (Å²) in [7, 11) is 0. The predicted molar refractivity (Wildman–Crippen MR) is 76.9 cm³/mol. The number of nitrogens with one attached hydrogen (secondary N) is 1. The highest BCUT2D eigenvalue weighted by molar-refractivity contribution is 7.14. The van der Waals surface area contributed by atoms with Crippen LogP contribution < -0.4 is 5.32 Å². The minimum atomic E-state index is -0.232. The molecule has 2 N–H and O–H groups in total. The maximum absolute atomic E-state index is 12.1. The van der Waals surface area contributed by atoms with Crippen molar-refractivity contribution in [1.82, 2.24) is 4.98 Å². The summed E-state index contributed by atoms with van der Waals surface area (Å²) in [5.74, 6) is -0.0713. The van der Waals surface area contributed by atoms with E-state index < -0.39 is 0 Å². The van der Waals surface area contributed by atoms with Gasteiger partial charge >= 0.3 is 0 Å². The second-order valence-electron chi connectivity index (χ2n) is 4.27. The van der Waals surface area contributed by atoms with Crippen molar-refractivity contribution in [2.24, 2.45) is 0 Å². The molecule has 0 spiro atoms. The van der Waals surface area contributed by atoms with Gasteiger partial charge in [0.1, 0.15) is 0 Å². The van der Waals surface area contributed by atoms with Crippen LogP contribution in [0, 0.1) is 6.92 Å². The highest BCUT2D eigenvalue weighted by Crippen LogP contribution is 2.25. The lowest BCUT2D eigenvalue weighted by Gasteiger charge is -2.03. The Morgan fingerprint density at radius 2 is 2.32 bits per heavy atom. The van der Waals surface area contributed by atoms with E-state index in [9.17, 15) is 9.90 Å². The van der Waals surface area contributed by atoms with Gasteiger partial charge in [-0.3, -0.25) is 4.79 Å². The summed E-state index contributed by atoms with van der Waals surface area (Å²) < 4.78 is 0. The fourth-order valence-corrected chi connectivity index (χ4v) is 2.78. The number of rotatable bonds is 4. The molecule has 4 nitrogen and oxygen atoms in total. The second kappa shape index (κ2) is 5.84. The summed E-state index contributed by atoms with van der Waals surface area (Å²) >= 11 is 1.47. The molecule has 100 valence electrons. The molecule has 0 aliphatic heterocycles. The van der Waals surface area contributed by atoms with Gasteiger partial charge in [-0.25, -0.2) is 4.98 Å². The first-order valence-corrected chi connectivity index (χ1v) is 6.98. The number of hydrogen-bond acceptors (Lipinski definition) is 4. The van der Waals surface area contributed by atoms with Gasteiger partial charge in [0.2, 0.25) is 0 Å². The van der Waals surface area contributed by atoms with Gasteiger partial charge in [0.05, 0.1) is 4.88 Å². The molecule has 0 aliphatic rings. The van der Waals surface area contributed by atoms with E-state index in [2.05, 4.69) is 17.2 Å². The third kappa shape index (κ3) is 3.12. The SMILES string of the molecule is CCCc1cc(C(=O)Nc2ncccc2O)sc1C. The van der Waals surface area contributed by atoms with Crippen LogP contribution in [0.5, 0.6) is 5.75 Å². The zero-order valence-electron chi connectivity index (χ0n) is 10.9. The van der Waals surface area contributed by atoms with Crippen LogP contribution in [-0.2, 0) is 6.42 Å². The monoisotopic (exact) mass is 276 g/mol. The van der Waals surface area contributed by atoms with Crippen molar-refractivity contribution in [3.05, 3.63) is 39.7 Å². The molecule has 2 rings (SSSR count). The number of thiophene rings is 1. The Balaban J connectivity index is 2.16. The van der Waals surface area contributed by atoms with Gasteiger partial charge < -0.3 is 10.4 Å². The van der Waals surface area contributed by atoms with Gasteiger partial charge in [0.15, 0.2) is 11.6 Å². The third-order valence-electron chi connectivity index (χ3n) is 2.78. The molecule has 0 unspecified atom stereocenters. The van der Waals surface area contributed by atoms with Crippen LogP contribution in [0.1, 0.15) is 33.5 Å². The molecule has 0 bridgehead atoms. The highest BCUT2D eigenvalue weighted by atomic mass is 32.1. The van der Waals surface area contributed by atoms with Crippen LogP contribution >= 0.6 is 11.3 Å². The van der Waals surface area contributed by atoms with Crippen LogP contribution in [0.25, 0.3) is 0 Å². The van der Waals surface area contributed by atoms with Crippen molar-refractivity contribution >= 4 is 23.1 Å². The van der Waals surface area contributed by atoms with Crippen molar-refractivity contribution in [2.75, 3.05) is 5.32 Å². The zero-order chi connectivity index (χ0) is 13.8. The molecule has 1 amide bonds. The van der Waals surface area contributed by atoms with Crippen LogP contribution in [0.15, 0.2) is 24.4 Å². The minimum absolute atomic E-state index is 0.0297. The first-order chi connectivity index (χ1) is 9.11. The number of carbonyl (C=O) groups excluding carboxylic acids is 1. The topological polar surface area (TPSA) is 62.2 Å². The van der Waals surface area contributed by atoms with Crippen molar-refractivity contribution in [1.29, 1.82) is 0 Å². The summed E-state index contributed by atoms with van der Waals surface area (Å²) in [4.78, 5) is 17.8. The summed E-state index contributed by atoms with van der Waals surface area (Å²) in [5, 5.41) is 12.2. The largest absolute Gasteiger partial charge is 0.504 e. The van der Waals surface area contributed by atoms with Gasteiger partial charge in [-0.1, -0.05) is 13.3 Å². The molecule has 5 heteroatoms. The van der Waals surface area contributed by atoms with Gasteiger partial charge in [-0.15, -0.1) is 11.3 Å². The highest BCUT2D eigenvalue weighted by Gasteiger charge is 2.14. The minimum Gasteiger partial charge on any atom is -0.504 e. The van der Waals surface area contributed by atoms with E-state index in [4.69, 9.17) is 0 Å². The molecule has 0 radical (unpaired) electrons. The molecule has 2 aromatic rings. The van der Waals surface area contributed by atoms with Crippen LogP contribution in [-0.4, -0.2) is 16.0 Å². The van der Waals surface area contributed by atoms with Crippen LogP contribution in [0.4, 0.5) is 5.82 Å². The molecular formula is C14H16N2O2S. The van der Waals surface area contributed by atoms with E-state index >= 15 is 0 Å². The summed E-state index contributed by atoms with van der Waals surface area (Å²) in [5.41, 5.74) is 1.21. The molecule has 2 aromatic heterocycles. The maximum atomic E-state index is 12.1. The Bertz CT molecular complexity index is 593. The van der Waals surface area contributed by atoms with E-state index in [0.29, 0.717) is 4.88 Å². The Kier molecular flexibility index (Phi) is 4.16. The zero-order valence-corrected chi connectivity index (χ0v) is 11.8. The smallest absolute Gasteiger partial charge is 0.267 e. The van der Waals surface area contributed by atoms with Crippen molar-refractivity contribution in [2.45, 2.75) is 26.7 Å². The molecule has 0 atom stereocenters. The first-order valence-electron chi connectivity index (χ1n) is 6.16. The molecule has 0 aromatic carbocycles. The molecular weight excluding hydrogens is 260 g/mol. The number of aryl methyl sites for hydroxylation is 2. The third-order valence-corrected chi connectivity index (χ3v) is 3.87. The van der Waals surface area contributed by atoms with E-state index in [1.54, 1.807) is 6.07 Å². The number of hydrogen-bond donors (Lipinski definition) is 2. The maximum Gasteiger partial charge on any atom is 0.267 e. The Morgan fingerprint density at radius 3 is 3.00 bits per heavy atom. The van der Waals surface area contributed by atoms with E-state index in [-0.39, 0.29) is 17.5 Å². The summed E-state index contributed by atoms with van der Waals surface area (Å²) in [6.45, 7) is 4.13. The number of anilines is 1. The number of carbonyl (C=O) groups is 1. The van der Waals surface area contributed by atoms with Crippen molar-refractivity contribution in [3.63, 3.8) is 0 Å². The summed E-state index contributed by atoms with van der Waals surface area (Å²) in [6.07, 6.45) is 3.56. The van der Waals surface area contributed by atoms with Gasteiger partial charge in [0.25, 0.3) is 5.91 Å². The molecule has 2 heterocycles. The molecule has 0 saturated heterocycles. The average Bonchev–Trinajstić information content (AvgIpc) is 2.75. The second-order valence-corrected chi connectivity index (χ2v) is 5.52. The first kappa shape index (κ1) is 13.5. The predicted octanol–water partition coefficient (Wildman–Crippen LogP) is 3.36. The van der Waals surface area contributed by atoms with Gasteiger partial charge in [0, 0.05) is 11.1 Å². The molecule has 0 fully saturated rings. The quantitative estimate of drug-likeness (QED) is 0.900. The summed E-state index contributed by atoms with van der Waals surface area (Å²) in [6, 6.07) is 5.02. The van der Waals surface area contributed by atoms with E-state index in [1.165, 1.54) is 29.2 Å². The lowest BCUT2D eigenvalue weighted by molar-refractivity contribution is 0.102. The van der Waals surface area contributed by atoms with Gasteiger partial charge in [-0.05, 0) is 37.1 Å². The molecule has 0 aliphatic carbocycles. The lowest BCUT2D eigenvalue weighted by Crippen LogP contribution is -2.11. The van der Waals surface area contributed by atoms with Gasteiger partial charge in [-0.2, -0.15) is 0 Å². The van der Waals surface area contributed by atoms with Crippen molar-refractivity contribution in [3.8, 4) is 5.75 Å². The average molecular weight is 276 g/mol. The van der Waals surface area contributed by atoms with Crippen molar-refractivity contribution < 1.29 is 9.90 Å². The van der Waals surface area contributed by atoms with Crippen LogP contribution in [0.3, 0.4) is 0 Å². The normalized spacial score (nSPS) is 10.4. The lowest BCUT2D eigenvalue weighted by atomic mass is 10.1. The molecule has 19 heavy (non-hydrogen) atoms. The van der Waals surface area contributed by atoms with E-state index in [0.717, 1.165) is 17.7 Å². The Hall–Kier alpha value is -1.88. The molecule has 0 saturated carbocycles. The number of amides is 1. The number of aromatic hydroxyl groups is 1. The van der Waals surface area contributed by atoms with Crippen LogP contribution in [0.2, 0.25) is 0 Å². The fraction of sp³-hybridized carbons (Fsp3) is 0.286. The number of aromatic nitrogens is 1. The fourth-order valence-electron chi connectivity index (χ4n) is 1.81. The number of pyridine rings is 1. The Morgan fingerprint density at radius 1 is 1.53 bits per heavy atom. The standard InChI is InChI=1S/C14H16N2O2S/c1-3-5-10-8-12(19-9(10)2)14(18)16-13-11(17)6-4-7-15-13/h4,6-8,17H,3,5H2,1-2H3,(H,15,16,18). The van der Waals surface area contributed by atoms with E-state index in [1.807, 2.05) is 13.0 Å². The Labute approximate surface area is 116 Å². The number of nitrogens with zero attached hydrogens (tertiary/aromatic N) is 1.